The van der Waals surface area contributed by atoms with Gasteiger partial charge in [0.15, 0.2) is 0 Å². The van der Waals surface area contributed by atoms with Gasteiger partial charge in [0.2, 0.25) is 11.8 Å². The van der Waals surface area contributed by atoms with Crippen LogP contribution in [0.25, 0.3) is 0 Å². The Kier molecular flexibility index (Phi) is 7.02. The van der Waals surface area contributed by atoms with E-state index in [-0.39, 0.29) is 30.2 Å². The Hall–Kier alpha value is -2.43. The van der Waals surface area contributed by atoms with Gasteiger partial charge in [-0.15, -0.1) is 0 Å². The summed E-state index contributed by atoms with van der Waals surface area (Å²) in [4.78, 5) is 29.5. The number of aliphatic hydroxyl groups is 1. The van der Waals surface area contributed by atoms with Gasteiger partial charge in [-0.3, -0.25) is 23.6 Å². The number of hydrogen-bond donors (Lipinski definition) is 4. The zero-order valence-corrected chi connectivity index (χ0v) is 20.6. The maximum absolute atomic E-state index is 13.4. The summed E-state index contributed by atoms with van der Waals surface area (Å²) in [6, 6.07) is 11.1. The number of carbonyl (C=O) groups is 2. The van der Waals surface area contributed by atoms with Gasteiger partial charge in [-0.05, 0) is 43.5 Å². The smallest absolute Gasteiger partial charge is 0.244 e. The first kappa shape index (κ1) is 24.7. The van der Waals surface area contributed by atoms with Gasteiger partial charge in [0.05, 0.1) is 29.1 Å². The number of aryl methyl sites for hydroxylation is 2. The lowest BCUT2D eigenvalue weighted by Gasteiger charge is -2.37. The summed E-state index contributed by atoms with van der Waals surface area (Å²) in [5, 5.41) is 12.7. The molecular weight excluding hydrogens is 454 g/mol. The molecule has 0 radical (unpaired) electrons. The summed E-state index contributed by atoms with van der Waals surface area (Å²) < 4.78 is 20.5. The van der Waals surface area contributed by atoms with Crippen molar-refractivity contribution in [3.63, 3.8) is 0 Å². The van der Waals surface area contributed by atoms with Gasteiger partial charge in [0.25, 0.3) is 0 Å². The second kappa shape index (κ2) is 9.67. The number of fused-ring (bicyclic) bond motifs is 1. The van der Waals surface area contributed by atoms with E-state index in [4.69, 9.17) is 0 Å². The molecule has 1 saturated heterocycles. The predicted molar refractivity (Wildman–Crippen MR) is 133 cm³/mol. The number of rotatable bonds is 6. The molecule has 2 amide bonds. The fourth-order valence-electron chi connectivity index (χ4n) is 4.87. The second-order valence-electron chi connectivity index (χ2n) is 9.51. The summed E-state index contributed by atoms with van der Waals surface area (Å²) in [5.74, 6) is -0.877. The van der Waals surface area contributed by atoms with Crippen molar-refractivity contribution >= 4 is 28.1 Å². The van der Waals surface area contributed by atoms with Gasteiger partial charge in [0.1, 0.15) is 5.75 Å². The normalized spacial score (nSPS) is 21.5. The number of likely N-dealkylation sites (N-methyl/N-ethyl adjacent to an activating group) is 1. The molecule has 0 spiro atoms. The molecule has 2 aromatic rings. The molecule has 184 valence electrons. The van der Waals surface area contributed by atoms with E-state index in [9.17, 15) is 23.8 Å². The van der Waals surface area contributed by atoms with Crippen molar-refractivity contribution in [2.24, 2.45) is 0 Å². The van der Waals surface area contributed by atoms with Gasteiger partial charge >= 0.3 is 0 Å². The summed E-state index contributed by atoms with van der Waals surface area (Å²) in [7, 11) is -1.36. The van der Waals surface area contributed by atoms with Crippen LogP contribution >= 0.6 is 10.6 Å². The molecule has 2 heterocycles. The average molecular weight is 488 g/mol. The van der Waals surface area contributed by atoms with Crippen molar-refractivity contribution in [2.45, 2.75) is 43.7 Å². The first-order chi connectivity index (χ1) is 16.0. The number of anilines is 1. The Morgan fingerprint density at radius 1 is 1.21 bits per heavy atom. The minimum absolute atomic E-state index is 0.0856. The van der Waals surface area contributed by atoms with Crippen molar-refractivity contribution < 1.29 is 23.8 Å². The Morgan fingerprint density at radius 3 is 2.56 bits per heavy atom. The minimum Gasteiger partial charge on any atom is -0.392 e. The third kappa shape index (κ3) is 5.45. The molecule has 0 bridgehead atoms. The van der Waals surface area contributed by atoms with Gasteiger partial charge in [0, 0.05) is 26.7 Å². The highest BCUT2D eigenvalue weighted by molar-refractivity contribution is 8.25. The fraction of sp³-hybridized carbons (Fsp3) is 0.440. The van der Waals surface area contributed by atoms with Crippen molar-refractivity contribution in [2.75, 3.05) is 37.8 Å². The number of β-amino-alcohol motifs (C(OH)–C–C–N with tert-alkyl or cyclic N) is 1. The van der Waals surface area contributed by atoms with E-state index >= 15 is 0 Å². The quantitative estimate of drug-likeness (QED) is 0.498. The Bertz CT molecular complexity index is 1090. The third-order valence-electron chi connectivity index (χ3n) is 6.53. The molecule has 0 aliphatic carbocycles. The van der Waals surface area contributed by atoms with Gasteiger partial charge in [-0.25, -0.2) is 0 Å². The Balaban J connectivity index is 1.56. The molecule has 4 N–H and O–H groups in total. The van der Waals surface area contributed by atoms with Crippen LogP contribution in [-0.2, 0) is 16.0 Å². The number of nitrogens with one attached hydrogen (secondary N) is 1. The summed E-state index contributed by atoms with van der Waals surface area (Å²) in [5.41, 5.74) is 4.35. The summed E-state index contributed by atoms with van der Waals surface area (Å²) in [6.07, 6.45) is 0.513. The van der Waals surface area contributed by atoms with Crippen LogP contribution in [0.15, 0.2) is 41.3 Å². The Labute approximate surface area is 201 Å². The Morgan fingerprint density at radius 2 is 1.91 bits per heavy atom. The van der Waals surface area contributed by atoms with Gasteiger partial charge < -0.3 is 15.3 Å². The molecule has 2 atom stereocenters. The number of benzene rings is 2. The number of hydrogen-bond acceptors (Lipinski definition) is 6. The van der Waals surface area contributed by atoms with Crippen LogP contribution in [-0.4, -0.2) is 74.4 Å². The molecule has 2 aliphatic heterocycles. The van der Waals surface area contributed by atoms with Crippen LogP contribution in [0.3, 0.4) is 0 Å². The topological polar surface area (TPSA) is 113 Å². The summed E-state index contributed by atoms with van der Waals surface area (Å²) >= 11 is 0. The fourth-order valence-corrected chi connectivity index (χ4v) is 6.21. The zero-order valence-electron chi connectivity index (χ0n) is 19.8. The lowest BCUT2D eigenvalue weighted by atomic mass is 9.99. The first-order valence-corrected chi connectivity index (χ1v) is 13.2. The van der Waals surface area contributed by atoms with E-state index in [1.807, 2.05) is 13.8 Å². The van der Waals surface area contributed by atoms with Crippen LogP contribution in [0.2, 0.25) is 0 Å². The molecule has 34 heavy (non-hydrogen) atoms. The lowest BCUT2D eigenvalue weighted by Crippen LogP contribution is -2.39. The van der Waals surface area contributed by atoms with Crippen LogP contribution in [0, 0.1) is 13.8 Å². The van der Waals surface area contributed by atoms with Crippen LogP contribution in [0.5, 0.6) is 0 Å². The SMILES string of the molecule is Cc1cc(C)cc([C@@H](CN2CCC(O)C2)N(C)C(=O)Cc2ccc3c(c2)NC(=O)CS3(O)O)c1. The van der Waals surface area contributed by atoms with Crippen LogP contribution < -0.4 is 5.32 Å². The first-order valence-electron chi connectivity index (χ1n) is 11.4. The zero-order chi connectivity index (χ0) is 24.6. The predicted octanol–water partition coefficient (Wildman–Crippen LogP) is 3.17. The van der Waals surface area contributed by atoms with E-state index in [2.05, 4.69) is 28.4 Å². The van der Waals surface area contributed by atoms with Crippen molar-refractivity contribution in [3.05, 3.63) is 58.7 Å². The number of amides is 2. The molecule has 1 fully saturated rings. The van der Waals surface area contributed by atoms with Crippen molar-refractivity contribution in [1.82, 2.24) is 9.80 Å². The molecule has 8 nitrogen and oxygen atoms in total. The lowest BCUT2D eigenvalue weighted by molar-refractivity contribution is -0.131. The molecule has 2 aromatic carbocycles. The highest BCUT2D eigenvalue weighted by atomic mass is 32.3. The van der Waals surface area contributed by atoms with Gasteiger partial charge in [-0.1, -0.05) is 35.4 Å². The number of likely N-dealkylation sites (tertiary alicyclic amines) is 1. The van der Waals surface area contributed by atoms with E-state index in [1.54, 1.807) is 30.1 Å². The van der Waals surface area contributed by atoms with E-state index in [0.717, 1.165) is 29.7 Å². The van der Waals surface area contributed by atoms with E-state index in [0.29, 0.717) is 29.2 Å². The van der Waals surface area contributed by atoms with Crippen molar-refractivity contribution in [1.29, 1.82) is 0 Å². The molecule has 9 heteroatoms. The van der Waals surface area contributed by atoms with E-state index in [1.165, 1.54) is 0 Å². The van der Waals surface area contributed by atoms with Crippen LogP contribution in [0.1, 0.15) is 34.7 Å². The molecule has 4 rings (SSSR count). The minimum atomic E-state index is -3.16. The third-order valence-corrected chi connectivity index (χ3v) is 8.25. The highest BCUT2D eigenvalue weighted by Gasteiger charge is 2.31. The second-order valence-corrected chi connectivity index (χ2v) is 11.6. The van der Waals surface area contributed by atoms with Crippen molar-refractivity contribution in [3.8, 4) is 0 Å². The molecule has 1 unspecified atom stereocenters. The maximum atomic E-state index is 13.4. The summed E-state index contributed by atoms with van der Waals surface area (Å²) in [6.45, 7) is 6.10. The largest absolute Gasteiger partial charge is 0.392 e. The van der Waals surface area contributed by atoms with Gasteiger partial charge in [-0.2, -0.15) is 10.6 Å². The molecular formula is C25H33N3O5S. The highest BCUT2D eigenvalue weighted by Crippen LogP contribution is 2.53. The monoisotopic (exact) mass is 487 g/mol. The number of aliphatic hydroxyl groups excluding tert-OH is 1. The number of carbonyl (C=O) groups excluding carboxylic acids is 2. The average Bonchev–Trinajstić information content (AvgIpc) is 3.14. The maximum Gasteiger partial charge on any atom is 0.244 e. The van der Waals surface area contributed by atoms with E-state index < -0.39 is 16.5 Å². The molecule has 2 aliphatic rings. The molecule has 0 aromatic heterocycles. The molecule has 0 saturated carbocycles. The van der Waals surface area contributed by atoms with Crippen LogP contribution in [0.4, 0.5) is 5.69 Å². The standard InChI is InChI=1S/C25H33N3O5S/c1-16-8-17(2)10-19(9-16)22(14-28-7-6-20(29)13-28)27(3)25(31)12-18-4-5-23-21(11-18)26-24(30)15-34(23,32)33/h4-5,8-11,20,22,29,32-33H,6-7,12-15H2,1-3H3,(H,26,30)/t20?,22-/m1/s1. The number of nitrogens with zero attached hydrogens (tertiary/aromatic N) is 2.